The maximum Gasteiger partial charge on any atom is 0.179 e. The lowest BCUT2D eigenvalue weighted by Gasteiger charge is -2.12. The van der Waals surface area contributed by atoms with Crippen molar-refractivity contribution in [3.63, 3.8) is 0 Å². The van der Waals surface area contributed by atoms with Crippen LogP contribution in [-0.4, -0.2) is 27.0 Å². The van der Waals surface area contributed by atoms with E-state index in [1.165, 1.54) is 7.11 Å². The van der Waals surface area contributed by atoms with Crippen LogP contribution in [0.25, 0.3) is 0 Å². The summed E-state index contributed by atoms with van der Waals surface area (Å²) in [6.45, 7) is -0.108. The second-order valence-corrected chi connectivity index (χ2v) is 5.19. The summed E-state index contributed by atoms with van der Waals surface area (Å²) in [4.78, 5) is -0.236. The van der Waals surface area contributed by atoms with Crippen molar-refractivity contribution in [3.05, 3.63) is 23.5 Å². The van der Waals surface area contributed by atoms with Gasteiger partial charge in [0.25, 0.3) is 0 Å². The van der Waals surface area contributed by atoms with Crippen LogP contribution in [0, 0.1) is 5.82 Å². The van der Waals surface area contributed by atoms with Crippen molar-refractivity contribution in [2.75, 3.05) is 13.4 Å². The first-order valence-electron chi connectivity index (χ1n) is 4.33. The molecule has 90 valence electrons. The summed E-state index contributed by atoms with van der Waals surface area (Å²) in [5.74, 6) is -0.670. The number of benzene rings is 1. The SMILES string of the molecule is COc1c(CNO)cc(F)cc1S(C)(=O)=O. The molecule has 1 aromatic rings. The van der Waals surface area contributed by atoms with Gasteiger partial charge < -0.3 is 9.94 Å². The third-order valence-electron chi connectivity index (χ3n) is 1.97. The molecular weight excluding hydrogens is 237 g/mol. The lowest BCUT2D eigenvalue weighted by molar-refractivity contribution is 0.160. The third-order valence-corrected chi connectivity index (χ3v) is 3.07. The number of methoxy groups -OCH3 is 1. The molecule has 0 atom stereocenters. The molecule has 0 aliphatic carbocycles. The van der Waals surface area contributed by atoms with Crippen molar-refractivity contribution in [1.29, 1.82) is 0 Å². The molecule has 0 unspecified atom stereocenters. The fourth-order valence-electron chi connectivity index (χ4n) is 1.35. The predicted octanol–water partition coefficient (Wildman–Crippen LogP) is 0.717. The van der Waals surface area contributed by atoms with Gasteiger partial charge in [-0.05, 0) is 12.1 Å². The van der Waals surface area contributed by atoms with Crippen LogP contribution in [-0.2, 0) is 16.4 Å². The summed E-state index contributed by atoms with van der Waals surface area (Å²) in [6, 6.07) is 1.98. The second-order valence-electron chi connectivity index (χ2n) is 3.20. The molecule has 0 aliphatic rings. The monoisotopic (exact) mass is 249 g/mol. The number of halogens is 1. The van der Waals surface area contributed by atoms with E-state index in [0.29, 0.717) is 0 Å². The van der Waals surface area contributed by atoms with Crippen molar-refractivity contribution in [3.8, 4) is 5.75 Å². The van der Waals surface area contributed by atoms with Gasteiger partial charge in [-0.1, -0.05) is 0 Å². The van der Waals surface area contributed by atoms with Crippen LogP contribution >= 0.6 is 0 Å². The van der Waals surface area contributed by atoms with E-state index in [-0.39, 0.29) is 22.8 Å². The van der Waals surface area contributed by atoms with Crippen LogP contribution in [0.3, 0.4) is 0 Å². The highest BCUT2D eigenvalue weighted by atomic mass is 32.2. The van der Waals surface area contributed by atoms with E-state index >= 15 is 0 Å². The highest BCUT2D eigenvalue weighted by Gasteiger charge is 2.19. The molecule has 16 heavy (non-hydrogen) atoms. The largest absolute Gasteiger partial charge is 0.495 e. The first kappa shape index (κ1) is 12.9. The molecule has 5 nitrogen and oxygen atoms in total. The van der Waals surface area contributed by atoms with E-state index < -0.39 is 15.7 Å². The number of rotatable bonds is 4. The van der Waals surface area contributed by atoms with Crippen LogP contribution in [0.4, 0.5) is 4.39 Å². The van der Waals surface area contributed by atoms with E-state index in [2.05, 4.69) is 0 Å². The lowest BCUT2D eigenvalue weighted by Crippen LogP contribution is -2.11. The molecule has 0 heterocycles. The van der Waals surface area contributed by atoms with Gasteiger partial charge in [0.1, 0.15) is 16.5 Å². The maximum absolute atomic E-state index is 13.2. The molecular formula is C9H12FNO4S. The average Bonchev–Trinajstić information content (AvgIpc) is 2.16. The Labute approximate surface area is 92.7 Å². The fourth-order valence-corrected chi connectivity index (χ4v) is 2.22. The zero-order valence-electron chi connectivity index (χ0n) is 8.82. The third kappa shape index (κ3) is 2.69. The zero-order chi connectivity index (χ0) is 12.3. The number of sulfone groups is 1. The van der Waals surface area contributed by atoms with Crippen molar-refractivity contribution in [2.45, 2.75) is 11.4 Å². The Morgan fingerprint density at radius 1 is 1.50 bits per heavy atom. The van der Waals surface area contributed by atoms with Crippen LogP contribution < -0.4 is 10.2 Å². The van der Waals surface area contributed by atoms with E-state index in [4.69, 9.17) is 9.94 Å². The summed E-state index contributed by atoms with van der Waals surface area (Å²) in [6.07, 6.45) is 0.959. The summed E-state index contributed by atoms with van der Waals surface area (Å²) < 4.78 is 40.9. The Bertz CT molecular complexity index is 487. The molecule has 0 bridgehead atoms. The van der Waals surface area contributed by atoms with Gasteiger partial charge in [-0.25, -0.2) is 18.3 Å². The van der Waals surface area contributed by atoms with Crippen LogP contribution in [0.1, 0.15) is 5.56 Å². The lowest BCUT2D eigenvalue weighted by atomic mass is 10.2. The van der Waals surface area contributed by atoms with Gasteiger partial charge in [-0.3, -0.25) is 0 Å². The number of hydroxylamine groups is 1. The van der Waals surface area contributed by atoms with Crippen molar-refractivity contribution >= 4 is 9.84 Å². The first-order valence-corrected chi connectivity index (χ1v) is 6.22. The minimum absolute atomic E-state index is 0.0328. The Hall–Kier alpha value is -1.18. The van der Waals surface area contributed by atoms with E-state index in [1.807, 2.05) is 5.48 Å². The van der Waals surface area contributed by atoms with E-state index in [1.54, 1.807) is 0 Å². The minimum atomic E-state index is -3.58. The standard InChI is InChI=1S/C9H12FNO4S/c1-15-9-6(5-11-12)3-7(10)4-8(9)16(2,13)14/h3-4,11-12H,5H2,1-2H3. The molecule has 0 radical (unpaired) electrons. The van der Waals surface area contributed by atoms with Gasteiger partial charge >= 0.3 is 0 Å². The summed E-state index contributed by atoms with van der Waals surface area (Å²) in [7, 11) is -2.30. The topological polar surface area (TPSA) is 75.6 Å². The van der Waals surface area contributed by atoms with Crippen LogP contribution in [0.5, 0.6) is 5.75 Å². The van der Waals surface area contributed by atoms with Crippen LogP contribution in [0.15, 0.2) is 17.0 Å². The highest BCUT2D eigenvalue weighted by Crippen LogP contribution is 2.29. The summed E-state index contributed by atoms with van der Waals surface area (Å²) >= 11 is 0. The Morgan fingerprint density at radius 2 is 2.12 bits per heavy atom. The smallest absolute Gasteiger partial charge is 0.179 e. The molecule has 0 aromatic heterocycles. The molecule has 2 N–H and O–H groups in total. The summed E-state index contributed by atoms with van der Waals surface area (Å²) in [5.41, 5.74) is 2.05. The van der Waals surface area contributed by atoms with Crippen molar-refractivity contribution < 1.29 is 22.8 Å². The Kier molecular flexibility index (Phi) is 3.84. The van der Waals surface area contributed by atoms with Gasteiger partial charge in [0.05, 0.1) is 7.11 Å². The summed E-state index contributed by atoms with van der Waals surface area (Å²) in [5, 5.41) is 8.55. The normalized spacial score (nSPS) is 11.5. The van der Waals surface area contributed by atoms with Gasteiger partial charge in [0.2, 0.25) is 0 Å². The molecule has 0 saturated heterocycles. The quantitative estimate of drug-likeness (QED) is 0.769. The van der Waals surface area contributed by atoms with Gasteiger partial charge in [0, 0.05) is 18.4 Å². The van der Waals surface area contributed by atoms with Gasteiger partial charge in [-0.15, -0.1) is 0 Å². The number of ether oxygens (including phenoxy) is 1. The number of hydrogen-bond acceptors (Lipinski definition) is 5. The van der Waals surface area contributed by atoms with E-state index in [9.17, 15) is 12.8 Å². The molecule has 0 spiro atoms. The first-order chi connectivity index (χ1) is 7.40. The second kappa shape index (κ2) is 4.77. The predicted molar refractivity (Wildman–Crippen MR) is 54.7 cm³/mol. The molecule has 1 aromatic carbocycles. The van der Waals surface area contributed by atoms with Crippen molar-refractivity contribution in [2.24, 2.45) is 0 Å². The van der Waals surface area contributed by atoms with Crippen LogP contribution in [0.2, 0.25) is 0 Å². The molecule has 0 fully saturated rings. The zero-order valence-corrected chi connectivity index (χ0v) is 9.64. The number of nitrogens with one attached hydrogen (secondary N) is 1. The minimum Gasteiger partial charge on any atom is -0.495 e. The molecule has 7 heteroatoms. The molecule has 0 aliphatic heterocycles. The molecule has 1 rings (SSSR count). The maximum atomic E-state index is 13.2. The average molecular weight is 249 g/mol. The van der Waals surface area contributed by atoms with Crippen molar-refractivity contribution in [1.82, 2.24) is 5.48 Å². The molecule has 0 saturated carbocycles. The number of hydrogen-bond donors (Lipinski definition) is 2. The Balaban J connectivity index is 3.48. The Morgan fingerprint density at radius 3 is 2.56 bits per heavy atom. The van der Waals surface area contributed by atoms with E-state index in [0.717, 1.165) is 18.4 Å². The molecule has 0 amide bonds. The van der Waals surface area contributed by atoms with Gasteiger partial charge in [0.15, 0.2) is 9.84 Å². The fraction of sp³-hybridized carbons (Fsp3) is 0.333. The highest BCUT2D eigenvalue weighted by molar-refractivity contribution is 7.90. The van der Waals surface area contributed by atoms with Gasteiger partial charge in [-0.2, -0.15) is 0 Å².